The van der Waals surface area contributed by atoms with Gasteiger partial charge in [0, 0.05) is 29.4 Å². The van der Waals surface area contributed by atoms with Crippen molar-refractivity contribution in [2.24, 2.45) is 5.92 Å². The fourth-order valence-electron chi connectivity index (χ4n) is 2.73. The van der Waals surface area contributed by atoms with Gasteiger partial charge in [-0.15, -0.1) is 0 Å². The van der Waals surface area contributed by atoms with E-state index < -0.39 is 0 Å². The van der Waals surface area contributed by atoms with Crippen molar-refractivity contribution in [2.75, 3.05) is 5.32 Å². The number of hydrogen-bond donors (Lipinski definition) is 1. The monoisotopic (exact) mass is 306 g/mol. The molecule has 1 N–H and O–H groups in total. The number of para-hydroxylation sites is 1. The topological polar surface area (TPSA) is 50.7 Å². The molecule has 1 atom stereocenters. The second kappa shape index (κ2) is 6.73. The standard InChI is InChI=1S/C19H22N4/c1-4-16(13(2)3)21-19-15-7-5-6-8-17(15)22-18(23-19)14-9-11-20-12-10-14/h5-13,16H,4H2,1-3H3,(H,21,22,23)/t16-/m1/s1. The molecule has 4 heteroatoms. The number of pyridine rings is 1. The number of aromatic nitrogens is 3. The maximum Gasteiger partial charge on any atom is 0.162 e. The molecule has 0 spiro atoms. The molecular weight excluding hydrogens is 284 g/mol. The van der Waals surface area contributed by atoms with Crippen LogP contribution in [0.25, 0.3) is 22.3 Å². The van der Waals surface area contributed by atoms with Crippen LogP contribution in [-0.2, 0) is 0 Å². The highest BCUT2D eigenvalue weighted by Crippen LogP contribution is 2.26. The molecule has 23 heavy (non-hydrogen) atoms. The van der Waals surface area contributed by atoms with Crippen LogP contribution in [-0.4, -0.2) is 21.0 Å². The van der Waals surface area contributed by atoms with Gasteiger partial charge in [0.15, 0.2) is 5.82 Å². The lowest BCUT2D eigenvalue weighted by Gasteiger charge is -2.22. The van der Waals surface area contributed by atoms with Crippen LogP contribution in [0.3, 0.4) is 0 Å². The van der Waals surface area contributed by atoms with Crippen molar-refractivity contribution in [3.63, 3.8) is 0 Å². The first-order valence-corrected chi connectivity index (χ1v) is 8.12. The Bertz CT molecular complexity index is 784. The molecule has 3 rings (SSSR count). The summed E-state index contributed by atoms with van der Waals surface area (Å²) in [7, 11) is 0. The van der Waals surface area contributed by atoms with E-state index in [4.69, 9.17) is 9.97 Å². The van der Waals surface area contributed by atoms with Crippen LogP contribution in [0.15, 0.2) is 48.8 Å². The van der Waals surface area contributed by atoms with Gasteiger partial charge in [-0.25, -0.2) is 9.97 Å². The largest absolute Gasteiger partial charge is 0.366 e. The minimum Gasteiger partial charge on any atom is -0.366 e. The van der Waals surface area contributed by atoms with Gasteiger partial charge in [0.25, 0.3) is 0 Å². The molecule has 2 aromatic heterocycles. The third kappa shape index (κ3) is 3.31. The predicted octanol–water partition coefficient (Wildman–Crippen LogP) is 4.54. The van der Waals surface area contributed by atoms with Crippen molar-refractivity contribution >= 4 is 16.7 Å². The van der Waals surface area contributed by atoms with Crippen molar-refractivity contribution in [2.45, 2.75) is 33.2 Å². The van der Waals surface area contributed by atoms with Crippen LogP contribution in [0.1, 0.15) is 27.2 Å². The molecule has 0 bridgehead atoms. The minimum absolute atomic E-state index is 0.388. The lowest BCUT2D eigenvalue weighted by atomic mass is 10.0. The molecule has 0 radical (unpaired) electrons. The van der Waals surface area contributed by atoms with Gasteiger partial charge in [0.05, 0.1) is 5.52 Å². The highest BCUT2D eigenvalue weighted by Gasteiger charge is 2.15. The van der Waals surface area contributed by atoms with Crippen molar-refractivity contribution in [3.8, 4) is 11.4 Å². The lowest BCUT2D eigenvalue weighted by Crippen LogP contribution is -2.25. The zero-order valence-corrected chi connectivity index (χ0v) is 13.8. The summed E-state index contributed by atoms with van der Waals surface area (Å²) in [5.74, 6) is 2.17. The summed E-state index contributed by atoms with van der Waals surface area (Å²) in [4.78, 5) is 13.6. The molecule has 4 nitrogen and oxygen atoms in total. The summed E-state index contributed by atoms with van der Waals surface area (Å²) >= 11 is 0. The average Bonchev–Trinajstić information content (AvgIpc) is 2.59. The third-order valence-corrected chi connectivity index (χ3v) is 4.11. The van der Waals surface area contributed by atoms with Crippen LogP contribution >= 0.6 is 0 Å². The van der Waals surface area contributed by atoms with Gasteiger partial charge in [-0.05, 0) is 36.6 Å². The Morgan fingerprint density at radius 1 is 1.00 bits per heavy atom. The first-order valence-electron chi connectivity index (χ1n) is 8.12. The maximum absolute atomic E-state index is 4.79. The Kier molecular flexibility index (Phi) is 4.51. The average molecular weight is 306 g/mol. The van der Waals surface area contributed by atoms with Gasteiger partial charge in [-0.1, -0.05) is 32.9 Å². The van der Waals surface area contributed by atoms with E-state index in [9.17, 15) is 0 Å². The van der Waals surface area contributed by atoms with Crippen LogP contribution in [0.5, 0.6) is 0 Å². The fraction of sp³-hybridized carbons (Fsp3) is 0.316. The zero-order chi connectivity index (χ0) is 16.2. The predicted molar refractivity (Wildman–Crippen MR) is 95.3 cm³/mol. The second-order valence-corrected chi connectivity index (χ2v) is 6.05. The summed E-state index contributed by atoms with van der Waals surface area (Å²) in [6, 6.07) is 12.4. The first kappa shape index (κ1) is 15.4. The number of nitrogens with zero attached hydrogens (tertiary/aromatic N) is 3. The number of anilines is 1. The SMILES string of the molecule is CC[C@@H](Nc1nc(-c2ccncc2)nc2ccccc12)C(C)C. The normalized spacial score (nSPS) is 12.5. The summed E-state index contributed by atoms with van der Waals surface area (Å²) in [6.45, 7) is 6.66. The Morgan fingerprint density at radius 2 is 1.74 bits per heavy atom. The van der Waals surface area contributed by atoms with E-state index in [0.29, 0.717) is 12.0 Å². The van der Waals surface area contributed by atoms with Crippen molar-refractivity contribution in [1.29, 1.82) is 0 Å². The van der Waals surface area contributed by atoms with Crippen molar-refractivity contribution in [1.82, 2.24) is 15.0 Å². The van der Waals surface area contributed by atoms with E-state index in [2.05, 4.69) is 37.1 Å². The number of benzene rings is 1. The maximum atomic E-state index is 4.79. The lowest BCUT2D eigenvalue weighted by molar-refractivity contribution is 0.510. The van der Waals surface area contributed by atoms with Gasteiger partial charge in [0.2, 0.25) is 0 Å². The van der Waals surface area contributed by atoms with Crippen LogP contribution < -0.4 is 5.32 Å². The van der Waals surface area contributed by atoms with Crippen molar-refractivity contribution < 1.29 is 0 Å². The molecule has 2 heterocycles. The molecule has 1 aromatic carbocycles. The van der Waals surface area contributed by atoms with Gasteiger partial charge in [0.1, 0.15) is 5.82 Å². The van der Waals surface area contributed by atoms with Crippen LogP contribution in [0.4, 0.5) is 5.82 Å². The van der Waals surface area contributed by atoms with Crippen LogP contribution in [0.2, 0.25) is 0 Å². The molecule has 0 fully saturated rings. The van der Waals surface area contributed by atoms with Gasteiger partial charge >= 0.3 is 0 Å². The first-order chi connectivity index (χ1) is 11.2. The summed E-state index contributed by atoms with van der Waals surface area (Å²) < 4.78 is 0. The van der Waals surface area contributed by atoms with Gasteiger partial charge < -0.3 is 5.32 Å². The van der Waals surface area contributed by atoms with E-state index in [1.54, 1.807) is 12.4 Å². The fourth-order valence-corrected chi connectivity index (χ4v) is 2.73. The van der Waals surface area contributed by atoms with E-state index in [1.807, 2.05) is 30.3 Å². The number of rotatable bonds is 5. The molecular formula is C19H22N4. The second-order valence-electron chi connectivity index (χ2n) is 6.05. The number of nitrogens with one attached hydrogen (secondary N) is 1. The highest BCUT2D eigenvalue weighted by atomic mass is 15.1. The smallest absolute Gasteiger partial charge is 0.162 e. The Hall–Kier alpha value is -2.49. The molecule has 0 saturated carbocycles. The molecule has 0 unspecified atom stereocenters. The molecule has 0 amide bonds. The number of hydrogen-bond acceptors (Lipinski definition) is 4. The van der Waals surface area contributed by atoms with E-state index in [1.165, 1.54) is 0 Å². The van der Waals surface area contributed by atoms with Crippen molar-refractivity contribution in [3.05, 3.63) is 48.8 Å². The van der Waals surface area contributed by atoms with E-state index in [0.717, 1.165) is 34.5 Å². The number of fused-ring (bicyclic) bond motifs is 1. The van der Waals surface area contributed by atoms with Crippen LogP contribution in [0, 0.1) is 5.92 Å². The third-order valence-electron chi connectivity index (χ3n) is 4.11. The molecule has 0 aliphatic carbocycles. The van der Waals surface area contributed by atoms with E-state index in [-0.39, 0.29) is 0 Å². The van der Waals surface area contributed by atoms with Gasteiger partial charge in [-0.3, -0.25) is 4.98 Å². The molecule has 0 aliphatic heterocycles. The zero-order valence-electron chi connectivity index (χ0n) is 13.8. The molecule has 118 valence electrons. The minimum atomic E-state index is 0.388. The highest BCUT2D eigenvalue weighted by molar-refractivity contribution is 5.90. The van der Waals surface area contributed by atoms with E-state index >= 15 is 0 Å². The van der Waals surface area contributed by atoms with Gasteiger partial charge in [-0.2, -0.15) is 0 Å². The Morgan fingerprint density at radius 3 is 2.43 bits per heavy atom. The summed E-state index contributed by atoms with van der Waals surface area (Å²) in [6.07, 6.45) is 4.59. The Balaban J connectivity index is 2.11. The quantitative estimate of drug-likeness (QED) is 0.752. The summed E-state index contributed by atoms with van der Waals surface area (Å²) in [5.41, 5.74) is 1.93. The molecule has 0 aliphatic rings. The molecule has 0 saturated heterocycles. The summed E-state index contributed by atoms with van der Waals surface area (Å²) in [5, 5.41) is 4.67. The molecule has 3 aromatic rings. The Labute approximate surface area is 137 Å².